The highest BCUT2D eigenvalue weighted by molar-refractivity contribution is 5.81. The minimum atomic E-state index is -0.445. The first-order chi connectivity index (χ1) is 7.99. The van der Waals surface area contributed by atoms with Crippen LogP contribution in [0.5, 0.6) is 0 Å². The Labute approximate surface area is 103 Å². The molecule has 0 aromatic carbocycles. The number of hydrogen-bond donors (Lipinski definition) is 3. The number of hydrogen-bond acceptors (Lipinski definition) is 3. The van der Waals surface area contributed by atoms with Gasteiger partial charge in [-0.25, -0.2) is 4.79 Å². The van der Waals surface area contributed by atoms with E-state index in [1.165, 1.54) is 4.90 Å². The maximum atomic E-state index is 11.5. The predicted octanol–water partition coefficient (Wildman–Crippen LogP) is -0.109. The highest BCUT2D eigenvalue weighted by Crippen LogP contribution is 1.97. The van der Waals surface area contributed by atoms with Crippen LogP contribution in [0.3, 0.4) is 0 Å². The topological polar surface area (TPSA) is 87.5 Å². The quantitative estimate of drug-likeness (QED) is 0.546. The fourth-order valence-corrected chi connectivity index (χ4v) is 1.20. The molecule has 0 aromatic heterocycles. The van der Waals surface area contributed by atoms with Crippen molar-refractivity contribution in [1.82, 2.24) is 15.5 Å². The molecule has 0 aromatic rings. The number of carbonyl (C=O) groups is 2. The zero-order chi connectivity index (χ0) is 13.3. The smallest absolute Gasteiger partial charge is 0.316 e. The lowest BCUT2D eigenvalue weighted by atomic mass is 10.1. The molecule has 100 valence electrons. The van der Waals surface area contributed by atoms with E-state index in [0.717, 1.165) is 12.8 Å². The molecule has 0 heterocycles. The van der Waals surface area contributed by atoms with Gasteiger partial charge in [0, 0.05) is 27.2 Å². The maximum Gasteiger partial charge on any atom is 0.316 e. The lowest BCUT2D eigenvalue weighted by Gasteiger charge is -2.14. The molecule has 1 atom stereocenters. The van der Waals surface area contributed by atoms with E-state index >= 15 is 0 Å². The summed E-state index contributed by atoms with van der Waals surface area (Å²) in [5.41, 5.74) is 5.69. The Kier molecular flexibility index (Phi) is 8.13. The summed E-state index contributed by atoms with van der Waals surface area (Å²) in [6.07, 6.45) is 2.68. The predicted molar refractivity (Wildman–Crippen MR) is 67.6 cm³/mol. The highest BCUT2D eigenvalue weighted by atomic mass is 16.2. The van der Waals surface area contributed by atoms with Crippen molar-refractivity contribution in [3.63, 3.8) is 0 Å². The Morgan fingerprint density at radius 2 is 1.82 bits per heavy atom. The van der Waals surface area contributed by atoms with Gasteiger partial charge < -0.3 is 21.3 Å². The first kappa shape index (κ1) is 15.7. The normalized spacial score (nSPS) is 11.8. The molecule has 3 amide bonds. The summed E-state index contributed by atoms with van der Waals surface area (Å²) in [5, 5.41) is 5.34. The zero-order valence-electron chi connectivity index (χ0n) is 11.0. The molecule has 17 heavy (non-hydrogen) atoms. The van der Waals surface area contributed by atoms with Gasteiger partial charge in [0.15, 0.2) is 0 Å². The minimum Gasteiger partial charge on any atom is -0.353 e. The lowest BCUT2D eigenvalue weighted by Crippen LogP contribution is -2.44. The van der Waals surface area contributed by atoms with Crippen LogP contribution in [0.4, 0.5) is 4.79 Å². The van der Waals surface area contributed by atoms with Gasteiger partial charge in [0.2, 0.25) is 5.91 Å². The Bertz CT molecular complexity index is 244. The highest BCUT2D eigenvalue weighted by Gasteiger charge is 2.11. The summed E-state index contributed by atoms with van der Waals surface area (Å²) in [7, 11) is 3.32. The van der Waals surface area contributed by atoms with Crippen molar-refractivity contribution in [3.8, 4) is 0 Å². The summed E-state index contributed by atoms with van der Waals surface area (Å²) >= 11 is 0. The first-order valence-electron chi connectivity index (χ1n) is 5.97. The molecule has 0 radical (unpaired) electrons. The molecular formula is C11H24N4O2. The van der Waals surface area contributed by atoms with Crippen LogP contribution in [-0.2, 0) is 4.79 Å². The Morgan fingerprint density at radius 1 is 1.24 bits per heavy atom. The second-order valence-corrected chi connectivity index (χ2v) is 4.17. The van der Waals surface area contributed by atoms with Gasteiger partial charge in [-0.05, 0) is 6.42 Å². The number of amides is 3. The molecule has 0 unspecified atom stereocenters. The number of nitrogens with two attached hydrogens (primary N) is 1. The minimum absolute atomic E-state index is 0.155. The second kappa shape index (κ2) is 8.81. The average Bonchev–Trinajstić information content (AvgIpc) is 2.30. The van der Waals surface area contributed by atoms with E-state index in [0.29, 0.717) is 19.5 Å². The van der Waals surface area contributed by atoms with Crippen LogP contribution in [0.15, 0.2) is 0 Å². The van der Waals surface area contributed by atoms with Crippen LogP contribution in [0, 0.1) is 0 Å². The molecule has 0 rings (SSSR count). The maximum absolute atomic E-state index is 11.5. The summed E-state index contributed by atoms with van der Waals surface area (Å²) in [4.78, 5) is 24.0. The van der Waals surface area contributed by atoms with Crippen LogP contribution < -0.4 is 16.4 Å². The van der Waals surface area contributed by atoms with E-state index in [1.807, 2.05) is 0 Å². The van der Waals surface area contributed by atoms with Gasteiger partial charge in [-0.1, -0.05) is 19.8 Å². The van der Waals surface area contributed by atoms with Crippen LogP contribution in [0.2, 0.25) is 0 Å². The number of unbranched alkanes of at least 4 members (excludes halogenated alkanes) is 1. The van der Waals surface area contributed by atoms with E-state index in [2.05, 4.69) is 17.6 Å². The summed E-state index contributed by atoms with van der Waals surface area (Å²) < 4.78 is 0. The van der Waals surface area contributed by atoms with E-state index in [9.17, 15) is 9.59 Å². The molecule has 0 saturated carbocycles. The molecule has 0 fully saturated rings. The first-order valence-corrected chi connectivity index (χ1v) is 5.97. The average molecular weight is 244 g/mol. The fraction of sp³-hybridized carbons (Fsp3) is 0.818. The van der Waals surface area contributed by atoms with Crippen LogP contribution >= 0.6 is 0 Å². The van der Waals surface area contributed by atoms with E-state index in [4.69, 9.17) is 5.73 Å². The molecule has 0 saturated heterocycles. The third-order valence-corrected chi connectivity index (χ3v) is 2.31. The van der Waals surface area contributed by atoms with E-state index in [1.54, 1.807) is 14.1 Å². The second-order valence-electron chi connectivity index (χ2n) is 4.17. The van der Waals surface area contributed by atoms with Gasteiger partial charge in [0.1, 0.15) is 0 Å². The van der Waals surface area contributed by atoms with Gasteiger partial charge >= 0.3 is 6.03 Å². The van der Waals surface area contributed by atoms with Crippen molar-refractivity contribution >= 4 is 11.9 Å². The molecule has 0 bridgehead atoms. The zero-order valence-corrected chi connectivity index (χ0v) is 11.0. The molecule has 0 aliphatic rings. The Hall–Kier alpha value is -1.30. The number of carbonyl (C=O) groups excluding carboxylic acids is 2. The van der Waals surface area contributed by atoms with Crippen LogP contribution in [0.1, 0.15) is 26.2 Å². The molecular weight excluding hydrogens is 220 g/mol. The van der Waals surface area contributed by atoms with Crippen molar-refractivity contribution in [2.24, 2.45) is 5.73 Å². The molecule has 0 aliphatic heterocycles. The van der Waals surface area contributed by atoms with Crippen LogP contribution in [0.25, 0.3) is 0 Å². The standard InChI is InChI=1S/C11H24N4O2/c1-4-5-6-9(12)10(16)13-7-8-14-11(17)15(2)3/h9H,4-8,12H2,1-3H3,(H,13,16)(H,14,17)/t9-/m0/s1. The number of rotatable bonds is 7. The summed E-state index contributed by atoms with van der Waals surface area (Å²) in [6, 6.07) is -0.617. The number of nitrogens with zero attached hydrogens (tertiary/aromatic N) is 1. The van der Waals surface area contributed by atoms with Crippen LogP contribution in [-0.4, -0.2) is 50.1 Å². The molecule has 0 spiro atoms. The van der Waals surface area contributed by atoms with Crippen molar-refractivity contribution in [2.75, 3.05) is 27.2 Å². The third kappa shape index (κ3) is 7.57. The monoisotopic (exact) mass is 244 g/mol. The molecule has 6 heteroatoms. The van der Waals surface area contributed by atoms with E-state index in [-0.39, 0.29) is 11.9 Å². The third-order valence-electron chi connectivity index (χ3n) is 2.31. The number of nitrogens with one attached hydrogen (secondary N) is 2. The molecule has 0 aliphatic carbocycles. The SMILES string of the molecule is CCCC[C@H](N)C(=O)NCCNC(=O)N(C)C. The van der Waals surface area contributed by atoms with Crippen molar-refractivity contribution in [1.29, 1.82) is 0 Å². The fourth-order valence-electron chi connectivity index (χ4n) is 1.20. The van der Waals surface area contributed by atoms with Gasteiger partial charge in [-0.2, -0.15) is 0 Å². The van der Waals surface area contributed by atoms with Gasteiger partial charge in [-0.15, -0.1) is 0 Å². The van der Waals surface area contributed by atoms with Crippen molar-refractivity contribution in [3.05, 3.63) is 0 Å². The largest absolute Gasteiger partial charge is 0.353 e. The lowest BCUT2D eigenvalue weighted by molar-refractivity contribution is -0.122. The summed E-state index contributed by atoms with van der Waals surface area (Å²) in [6.45, 7) is 2.86. The van der Waals surface area contributed by atoms with Gasteiger partial charge in [0.25, 0.3) is 0 Å². The van der Waals surface area contributed by atoms with Gasteiger partial charge in [-0.3, -0.25) is 4.79 Å². The van der Waals surface area contributed by atoms with Crippen molar-refractivity contribution < 1.29 is 9.59 Å². The Balaban J connectivity index is 3.60. The number of urea groups is 1. The Morgan fingerprint density at radius 3 is 2.35 bits per heavy atom. The molecule has 6 nitrogen and oxygen atoms in total. The van der Waals surface area contributed by atoms with Gasteiger partial charge in [0.05, 0.1) is 6.04 Å². The van der Waals surface area contributed by atoms with E-state index < -0.39 is 6.04 Å². The summed E-state index contributed by atoms with van der Waals surface area (Å²) in [5.74, 6) is -0.155. The molecule has 4 N–H and O–H groups in total. The van der Waals surface area contributed by atoms with Crippen molar-refractivity contribution in [2.45, 2.75) is 32.2 Å².